The van der Waals surface area contributed by atoms with Crippen molar-refractivity contribution < 1.29 is 14.3 Å². The van der Waals surface area contributed by atoms with Crippen molar-refractivity contribution in [3.8, 4) is 17.2 Å². The van der Waals surface area contributed by atoms with Crippen molar-refractivity contribution in [1.82, 2.24) is 4.98 Å². The van der Waals surface area contributed by atoms with Crippen LogP contribution >= 0.6 is 11.3 Å². The normalized spacial score (nSPS) is 11.1. The number of aryl methyl sites for hydroxylation is 2. The van der Waals surface area contributed by atoms with Crippen LogP contribution in [0.4, 0.5) is 0 Å². The summed E-state index contributed by atoms with van der Waals surface area (Å²) in [7, 11) is 1.63. The van der Waals surface area contributed by atoms with Gasteiger partial charge in [-0.2, -0.15) is 0 Å². The van der Waals surface area contributed by atoms with Crippen LogP contribution in [0.2, 0.25) is 0 Å². The highest BCUT2D eigenvalue weighted by Crippen LogP contribution is 2.43. The van der Waals surface area contributed by atoms with E-state index in [0.29, 0.717) is 21.9 Å². The second kappa shape index (κ2) is 8.09. The number of benzene rings is 3. The smallest absolute Gasteiger partial charge is 0.207 e. The van der Waals surface area contributed by atoms with Gasteiger partial charge in [0, 0.05) is 32.8 Å². The van der Waals surface area contributed by atoms with Crippen molar-refractivity contribution in [2.45, 2.75) is 13.8 Å². The quantitative estimate of drug-likeness (QED) is 0.274. The molecular weight excluding hydrogens is 418 g/mol. The van der Waals surface area contributed by atoms with Crippen LogP contribution in [-0.2, 0) is 0 Å². The van der Waals surface area contributed by atoms with Crippen molar-refractivity contribution in [3.63, 3.8) is 0 Å². The van der Waals surface area contributed by atoms with Gasteiger partial charge in [-0.15, -0.1) is 11.3 Å². The predicted molar refractivity (Wildman–Crippen MR) is 130 cm³/mol. The van der Waals surface area contributed by atoms with Gasteiger partial charge in [0.05, 0.1) is 12.6 Å². The number of fused-ring (bicyclic) bond motifs is 2. The van der Waals surface area contributed by atoms with Gasteiger partial charge >= 0.3 is 0 Å². The highest BCUT2D eigenvalue weighted by Gasteiger charge is 2.23. The maximum absolute atomic E-state index is 13.5. The van der Waals surface area contributed by atoms with Gasteiger partial charge in [0.1, 0.15) is 16.4 Å². The Labute approximate surface area is 190 Å². The molecule has 158 valence electrons. The molecule has 0 aliphatic carbocycles. The van der Waals surface area contributed by atoms with Gasteiger partial charge in [-0.25, -0.2) is 0 Å². The van der Waals surface area contributed by atoms with E-state index in [1.165, 1.54) is 11.3 Å². The number of pyridine rings is 1. The van der Waals surface area contributed by atoms with Crippen molar-refractivity contribution in [2.24, 2.45) is 0 Å². The zero-order valence-corrected chi connectivity index (χ0v) is 18.8. The standard InChI is InChI=1S/C27H21NO3S/c1-16-6-4-5-7-21(16)25(29)27-26(22-13-12-19(30-3)15-24(22)32-27)31-20-11-10-18-9-8-17(2)28-23(18)14-20/h4-15H,1-3H3. The summed E-state index contributed by atoms with van der Waals surface area (Å²) in [6.45, 7) is 3.91. The molecule has 0 amide bonds. The average molecular weight is 440 g/mol. The molecule has 2 heterocycles. The van der Waals surface area contributed by atoms with E-state index in [0.717, 1.165) is 38.0 Å². The highest BCUT2D eigenvalue weighted by molar-refractivity contribution is 7.21. The fourth-order valence-corrected chi connectivity index (χ4v) is 4.87. The monoisotopic (exact) mass is 439 g/mol. The lowest BCUT2D eigenvalue weighted by atomic mass is 10.0. The molecule has 5 aromatic rings. The Morgan fingerprint density at radius 3 is 2.50 bits per heavy atom. The molecule has 4 nitrogen and oxygen atoms in total. The van der Waals surface area contributed by atoms with Crippen LogP contribution in [0.3, 0.4) is 0 Å². The molecule has 0 saturated carbocycles. The van der Waals surface area contributed by atoms with Crippen LogP contribution in [0.25, 0.3) is 21.0 Å². The molecule has 0 saturated heterocycles. The molecule has 0 bridgehead atoms. The van der Waals surface area contributed by atoms with Gasteiger partial charge in [0.15, 0.2) is 5.75 Å². The van der Waals surface area contributed by atoms with E-state index in [9.17, 15) is 4.79 Å². The van der Waals surface area contributed by atoms with Gasteiger partial charge < -0.3 is 9.47 Å². The third kappa shape index (κ3) is 3.61. The second-order valence-corrected chi connectivity index (χ2v) is 8.73. The first-order valence-corrected chi connectivity index (χ1v) is 11.1. The topological polar surface area (TPSA) is 48.4 Å². The summed E-state index contributed by atoms with van der Waals surface area (Å²) >= 11 is 1.42. The van der Waals surface area contributed by atoms with Crippen molar-refractivity contribution in [2.75, 3.05) is 7.11 Å². The fourth-order valence-electron chi connectivity index (χ4n) is 3.76. The molecule has 0 spiro atoms. The van der Waals surface area contributed by atoms with Gasteiger partial charge in [0.2, 0.25) is 5.78 Å². The SMILES string of the molecule is COc1ccc2c(Oc3ccc4ccc(C)nc4c3)c(C(=O)c3ccccc3C)sc2c1. The number of nitrogens with zero attached hydrogens (tertiary/aromatic N) is 1. The summed E-state index contributed by atoms with van der Waals surface area (Å²) in [5, 5.41) is 1.92. The summed E-state index contributed by atoms with van der Waals surface area (Å²) in [4.78, 5) is 18.7. The lowest BCUT2D eigenvalue weighted by Gasteiger charge is -2.10. The molecule has 0 fully saturated rings. The van der Waals surface area contributed by atoms with Crippen molar-refractivity contribution in [1.29, 1.82) is 0 Å². The molecule has 2 aromatic heterocycles. The van der Waals surface area contributed by atoms with E-state index in [4.69, 9.17) is 9.47 Å². The molecule has 0 aliphatic heterocycles. The molecule has 0 aliphatic rings. The number of rotatable bonds is 5. The van der Waals surface area contributed by atoms with Gasteiger partial charge in [-0.1, -0.05) is 30.3 Å². The number of aromatic nitrogens is 1. The van der Waals surface area contributed by atoms with E-state index in [-0.39, 0.29) is 5.78 Å². The summed E-state index contributed by atoms with van der Waals surface area (Å²) in [5.41, 5.74) is 3.41. The van der Waals surface area contributed by atoms with Crippen LogP contribution in [0.5, 0.6) is 17.2 Å². The third-order valence-corrected chi connectivity index (χ3v) is 6.60. The lowest BCUT2D eigenvalue weighted by molar-refractivity contribution is 0.104. The molecule has 0 N–H and O–H groups in total. The zero-order valence-electron chi connectivity index (χ0n) is 18.0. The zero-order chi connectivity index (χ0) is 22.2. The maximum Gasteiger partial charge on any atom is 0.207 e. The van der Waals surface area contributed by atoms with Crippen LogP contribution < -0.4 is 9.47 Å². The van der Waals surface area contributed by atoms with Crippen molar-refractivity contribution >= 4 is 38.1 Å². The van der Waals surface area contributed by atoms with Crippen molar-refractivity contribution in [3.05, 3.63) is 94.5 Å². The number of carbonyl (C=O) groups is 1. The average Bonchev–Trinajstić information content (AvgIpc) is 3.16. The molecule has 0 unspecified atom stereocenters. The Hall–Kier alpha value is -3.70. The number of hydrogen-bond donors (Lipinski definition) is 0. The third-order valence-electron chi connectivity index (χ3n) is 5.47. The summed E-state index contributed by atoms with van der Waals surface area (Å²) in [5.74, 6) is 1.90. The molecule has 32 heavy (non-hydrogen) atoms. The van der Waals surface area contributed by atoms with E-state index >= 15 is 0 Å². The van der Waals surface area contributed by atoms with E-state index in [1.807, 2.05) is 86.6 Å². The van der Waals surface area contributed by atoms with Gasteiger partial charge in [-0.05, 0) is 55.8 Å². The fraction of sp³-hybridized carbons (Fsp3) is 0.111. The second-order valence-electron chi connectivity index (χ2n) is 7.68. The number of thiophene rings is 1. The molecule has 3 aromatic carbocycles. The van der Waals surface area contributed by atoms with Crippen LogP contribution in [0.15, 0.2) is 72.8 Å². The minimum Gasteiger partial charge on any atom is -0.497 e. The summed E-state index contributed by atoms with van der Waals surface area (Å²) in [6, 6.07) is 23.2. The Morgan fingerprint density at radius 2 is 1.69 bits per heavy atom. The van der Waals surface area contributed by atoms with Crippen LogP contribution in [0.1, 0.15) is 26.5 Å². The maximum atomic E-state index is 13.5. The summed E-state index contributed by atoms with van der Waals surface area (Å²) < 4.78 is 12.7. The number of carbonyl (C=O) groups excluding carboxylic acids is 1. The summed E-state index contributed by atoms with van der Waals surface area (Å²) in [6.07, 6.45) is 0. The first kappa shape index (κ1) is 20.2. The molecule has 5 rings (SSSR count). The minimum atomic E-state index is -0.0481. The predicted octanol–water partition coefficient (Wildman–Crippen LogP) is 7.10. The van der Waals surface area contributed by atoms with Crippen LogP contribution in [-0.4, -0.2) is 17.9 Å². The Balaban J connectivity index is 1.66. The molecule has 0 atom stereocenters. The first-order chi connectivity index (χ1) is 15.5. The number of ether oxygens (including phenoxy) is 2. The Morgan fingerprint density at radius 1 is 0.906 bits per heavy atom. The number of hydrogen-bond acceptors (Lipinski definition) is 5. The van der Waals surface area contributed by atoms with Gasteiger partial charge in [0.25, 0.3) is 0 Å². The number of ketones is 1. The minimum absolute atomic E-state index is 0.0481. The molecular formula is C27H21NO3S. The molecule has 0 radical (unpaired) electrons. The van der Waals surface area contributed by atoms with Gasteiger partial charge in [-0.3, -0.25) is 9.78 Å². The van der Waals surface area contributed by atoms with E-state index < -0.39 is 0 Å². The lowest BCUT2D eigenvalue weighted by Crippen LogP contribution is -2.03. The van der Waals surface area contributed by atoms with E-state index in [2.05, 4.69) is 4.98 Å². The Bertz CT molecular complexity index is 1490. The first-order valence-electron chi connectivity index (χ1n) is 10.3. The molecule has 5 heteroatoms. The van der Waals surface area contributed by atoms with Crippen LogP contribution in [0, 0.1) is 13.8 Å². The van der Waals surface area contributed by atoms with E-state index in [1.54, 1.807) is 7.11 Å². The number of methoxy groups -OCH3 is 1. The highest BCUT2D eigenvalue weighted by atomic mass is 32.1. The largest absolute Gasteiger partial charge is 0.497 e. The Kier molecular flexibility index (Phi) is 5.11.